The highest BCUT2D eigenvalue weighted by molar-refractivity contribution is 6.21. The van der Waals surface area contributed by atoms with E-state index in [2.05, 4.69) is 10.2 Å². The van der Waals surface area contributed by atoms with Crippen molar-refractivity contribution >= 4 is 17.7 Å². The number of rotatable bonds is 7. The van der Waals surface area contributed by atoms with Crippen molar-refractivity contribution in [2.24, 2.45) is 0 Å². The van der Waals surface area contributed by atoms with Crippen molar-refractivity contribution in [1.29, 1.82) is 0 Å². The number of carbonyl (C=O) groups is 3. The van der Waals surface area contributed by atoms with Crippen LogP contribution in [0.4, 0.5) is 0 Å². The minimum atomic E-state index is -0.289. The fraction of sp³-hybridized carbons (Fsp3) is 0.269. The summed E-state index contributed by atoms with van der Waals surface area (Å²) in [6.07, 6.45) is 3.97. The van der Waals surface area contributed by atoms with E-state index in [0.29, 0.717) is 23.2 Å². The summed E-state index contributed by atoms with van der Waals surface area (Å²) in [5, 5.41) is 3.02. The maximum Gasteiger partial charge on any atom is 0.261 e. The first-order chi connectivity index (χ1) is 16.1. The number of hydrogen-bond donors (Lipinski definition) is 1. The van der Waals surface area contributed by atoms with Crippen LogP contribution in [0.2, 0.25) is 0 Å². The summed E-state index contributed by atoms with van der Waals surface area (Å²) in [5.74, 6) is 0.109. The molecule has 0 saturated carbocycles. The van der Waals surface area contributed by atoms with Crippen LogP contribution < -0.4 is 5.32 Å². The van der Waals surface area contributed by atoms with E-state index in [1.807, 2.05) is 12.1 Å². The lowest BCUT2D eigenvalue weighted by Gasteiger charge is -2.26. The summed E-state index contributed by atoms with van der Waals surface area (Å²) in [6.45, 7) is 2.62. The van der Waals surface area contributed by atoms with Crippen LogP contribution in [0.15, 0.2) is 71.3 Å². The standard InChI is InChI=1S/C26H25N3O4/c30-24(27-16-22(23-8-5-15-33-23)28-13-3-4-14-28)19-11-9-18(10-12-19)17-29-25(31)20-6-1-2-7-21(20)26(29)32/h1-2,5-12,15,22H,3-4,13-14,16-17H2,(H,27,30)/t22-/m0/s1. The molecule has 2 aliphatic heterocycles. The summed E-state index contributed by atoms with van der Waals surface area (Å²) in [4.78, 5) is 41.5. The Hall–Kier alpha value is -3.71. The van der Waals surface area contributed by atoms with Crippen molar-refractivity contribution in [2.45, 2.75) is 25.4 Å². The summed E-state index contributed by atoms with van der Waals surface area (Å²) in [6, 6.07) is 17.7. The van der Waals surface area contributed by atoms with Gasteiger partial charge in [-0.15, -0.1) is 0 Å². The third-order valence-electron chi connectivity index (χ3n) is 6.34. The molecule has 0 unspecified atom stereocenters. The van der Waals surface area contributed by atoms with Gasteiger partial charge in [-0.3, -0.25) is 24.2 Å². The second-order valence-corrected chi connectivity index (χ2v) is 8.42. The van der Waals surface area contributed by atoms with E-state index in [4.69, 9.17) is 4.42 Å². The highest BCUT2D eigenvalue weighted by Crippen LogP contribution is 2.26. The Labute approximate surface area is 192 Å². The largest absolute Gasteiger partial charge is 0.468 e. The van der Waals surface area contributed by atoms with Gasteiger partial charge < -0.3 is 9.73 Å². The van der Waals surface area contributed by atoms with Gasteiger partial charge in [-0.2, -0.15) is 0 Å². The quantitative estimate of drug-likeness (QED) is 0.564. The molecule has 1 aromatic heterocycles. The van der Waals surface area contributed by atoms with E-state index in [0.717, 1.165) is 37.3 Å². The highest BCUT2D eigenvalue weighted by atomic mass is 16.3. The van der Waals surface area contributed by atoms with Crippen molar-refractivity contribution in [2.75, 3.05) is 19.6 Å². The van der Waals surface area contributed by atoms with Gasteiger partial charge in [0.15, 0.2) is 0 Å². The molecule has 7 heteroatoms. The minimum Gasteiger partial charge on any atom is -0.468 e. The van der Waals surface area contributed by atoms with E-state index in [1.54, 1.807) is 54.8 Å². The molecule has 0 bridgehead atoms. The molecule has 3 amide bonds. The van der Waals surface area contributed by atoms with Gasteiger partial charge in [0.05, 0.1) is 30.0 Å². The topological polar surface area (TPSA) is 82.9 Å². The lowest BCUT2D eigenvalue weighted by atomic mass is 10.1. The van der Waals surface area contributed by atoms with Crippen LogP contribution in [0, 0.1) is 0 Å². The second-order valence-electron chi connectivity index (χ2n) is 8.42. The zero-order chi connectivity index (χ0) is 22.8. The summed E-state index contributed by atoms with van der Waals surface area (Å²) < 4.78 is 5.61. The monoisotopic (exact) mass is 443 g/mol. The number of amides is 3. The van der Waals surface area contributed by atoms with Crippen molar-refractivity contribution in [3.8, 4) is 0 Å². The molecule has 1 N–H and O–H groups in total. The van der Waals surface area contributed by atoms with Gasteiger partial charge in [0.2, 0.25) is 0 Å². The highest BCUT2D eigenvalue weighted by Gasteiger charge is 2.35. The Morgan fingerprint density at radius 1 is 0.909 bits per heavy atom. The number of benzene rings is 2. The molecule has 1 saturated heterocycles. The van der Waals surface area contributed by atoms with Gasteiger partial charge in [0.25, 0.3) is 17.7 Å². The number of furan rings is 1. The van der Waals surface area contributed by atoms with Gasteiger partial charge in [-0.05, 0) is 67.9 Å². The molecule has 3 aromatic rings. The number of nitrogens with one attached hydrogen (secondary N) is 1. The van der Waals surface area contributed by atoms with Crippen molar-refractivity contribution in [3.05, 3.63) is 94.9 Å². The third-order valence-corrected chi connectivity index (χ3v) is 6.34. The van der Waals surface area contributed by atoms with Crippen molar-refractivity contribution in [1.82, 2.24) is 15.1 Å². The Bertz CT molecular complexity index is 1130. The predicted octanol–water partition coefficient (Wildman–Crippen LogP) is 3.64. The molecule has 33 heavy (non-hydrogen) atoms. The van der Waals surface area contributed by atoms with Crippen molar-refractivity contribution < 1.29 is 18.8 Å². The molecular formula is C26H25N3O4. The Kier molecular flexibility index (Phi) is 5.79. The van der Waals surface area contributed by atoms with E-state index < -0.39 is 0 Å². The van der Waals surface area contributed by atoms with Crippen LogP contribution in [-0.2, 0) is 6.54 Å². The average molecular weight is 444 g/mol. The first kappa shape index (κ1) is 21.2. The Morgan fingerprint density at radius 3 is 2.18 bits per heavy atom. The molecule has 168 valence electrons. The molecule has 2 aromatic carbocycles. The molecule has 3 heterocycles. The van der Waals surface area contributed by atoms with Gasteiger partial charge in [-0.1, -0.05) is 24.3 Å². The van der Waals surface area contributed by atoms with Gasteiger partial charge in [0.1, 0.15) is 5.76 Å². The smallest absolute Gasteiger partial charge is 0.261 e. The molecule has 5 rings (SSSR count). The summed E-state index contributed by atoms with van der Waals surface area (Å²) in [5.41, 5.74) is 2.18. The van der Waals surface area contributed by atoms with Crippen LogP contribution in [0.1, 0.15) is 61.3 Å². The molecule has 1 atom stereocenters. The zero-order valence-electron chi connectivity index (χ0n) is 18.2. The van der Waals surface area contributed by atoms with Crippen LogP contribution in [0.5, 0.6) is 0 Å². The van der Waals surface area contributed by atoms with Crippen LogP contribution in [-0.4, -0.2) is 47.2 Å². The predicted molar refractivity (Wildman–Crippen MR) is 122 cm³/mol. The molecule has 0 aliphatic carbocycles. The van der Waals surface area contributed by atoms with Crippen LogP contribution in [0.25, 0.3) is 0 Å². The third kappa shape index (κ3) is 4.19. The Balaban J connectivity index is 1.22. The second kappa shape index (κ2) is 9.03. The van der Waals surface area contributed by atoms with Gasteiger partial charge in [-0.25, -0.2) is 0 Å². The van der Waals surface area contributed by atoms with Crippen LogP contribution in [0.3, 0.4) is 0 Å². The maximum atomic E-state index is 12.8. The number of hydrogen-bond acceptors (Lipinski definition) is 5. The molecule has 1 fully saturated rings. The lowest BCUT2D eigenvalue weighted by Crippen LogP contribution is -2.36. The number of likely N-dealkylation sites (tertiary alicyclic amines) is 1. The lowest BCUT2D eigenvalue weighted by molar-refractivity contribution is 0.0641. The SMILES string of the molecule is O=C(NC[C@@H](c1ccco1)N1CCCC1)c1ccc(CN2C(=O)c3ccccc3C2=O)cc1. The first-order valence-electron chi connectivity index (χ1n) is 11.2. The number of fused-ring (bicyclic) bond motifs is 1. The summed E-state index contributed by atoms with van der Waals surface area (Å²) >= 11 is 0. The van der Waals surface area contributed by atoms with Gasteiger partial charge in [0, 0.05) is 12.1 Å². The zero-order valence-corrected chi connectivity index (χ0v) is 18.2. The maximum absolute atomic E-state index is 12.8. The number of imide groups is 1. The average Bonchev–Trinajstić information content (AvgIpc) is 3.61. The van der Waals surface area contributed by atoms with Crippen molar-refractivity contribution in [3.63, 3.8) is 0 Å². The molecule has 0 spiro atoms. The minimum absolute atomic E-state index is 0.0135. The molecular weight excluding hydrogens is 418 g/mol. The fourth-order valence-electron chi connectivity index (χ4n) is 4.56. The molecule has 7 nitrogen and oxygen atoms in total. The first-order valence-corrected chi connectivity index (χ1v) is 11.2. The Morgan fingerprint density at radius 2 is 1.58 bits per heavy atom. The van der Waals surface area contributed by atoms with E-state index in [9.17, 15) is 14.4 Å². The normalized spacial score (nSPS) is 16.8. The summed E-state index contributed by atoms with van der Waals surface area (Å²) in [7, 11) is 0. The van der Waals surface area contributed by atoms with Crippen LogP contribution >= 0.6 is 0 Å². The van der Waals surface area contributed by atoms with E-state index in [-0.39, 0.29) is 30.3 Å². The number of nitrogens with zero attached hydrogens (tertiary/aromatic N) is 2. The van der Waals surface area contributed by atoms with E-state index in [1.165, 1.54) is 4.90 Å². The molecule has 0 radical (unpaired) electrons. The van der Waals surface area contributed by atoms with Gasteiger partial charge >= 0.3 is 0 Å². The molecule has 2 aliphatic rings. The van der Waals surface area contributed by atoms with E-state index >= 15 is 0 Å². The number of carbonyl (C=O) groups excluding carboxylic acids is 3. The fourth-order valence-corrected chi connectivity index (χ4v) is 4.56.